The van der Waals surface area contributed by atoms with Crippen LogP contribution in [0.2, 0.25) is 0 Å². The molecule has 0 radical (unpaired) electrons. The van der Waals surface area contributed by atoms with Crippen LogP contribution in [0.25, 0.3) is 0 Å². The van der Waals surface area contributed by atoms with Gasteiger partial charge < -0.3 is 118 Å². The van der Waals surface area contributed by atoms with Crippen molar-refractivity contribution in [3.63, 3.8) is 0 Å². The predicted molar refractivity (Wildman–Crippen MR) is 362 cm³/mol. The van der Waals surface area contributed by atoms with E-state index in [2.05, 4.69) is 90.4 Å². The minimum absolute atomic E-state index is 0.100. The maximum Gasteiger partial charge on any atom is 0.315 e. The zero-order valence-corrected chi connectivity index (χ0v) is 54.4. The van der Waals surface area contributed by atoms with Gasteiger partial charge in [-0.05, 0) is 86.3 Å². The number of rotatable bonds is 37. The van der Waals surface area contributed by atoms with Gasteiger partial charge in [-0.2, -0.15) is 0 Å². The zero-order valence-electron chi connectivity index (χ0n) is 54.4. The van der Waals surface area contributed by atoms with Gasteiger partial charge in [-0.1, -0.05) is 117 Å². The maximum atomic E-state index is 13.0. The molecular weight excluding hydrogens is 1230 g/mol. The Kier molecular flexibility index (Phi) is 37.9. The summed E-state index contributed by atoms with van der Waals surface area (Å²) in [6.45, 7) is 9.33. The molecular formula is C63H99N21O11. The van der Waals surface area contributed by atoms with Gasteiger partial charge in [-0.3, -0.25) is 4.79 Å². The first-order chi connectivity index (χ1) is 45.5. The Labute approximate surface area is 554 Å². The summed E-state index contributed by atoms with van der Waals surface area (Å²) in [5.74, 6) is -0.239. The highest BCUT2D eigenvalue weighted by atomic mass is 16.3. The van der Waals surface area contributed by atoms with Crippen molar-refractivity contribution in [2.75, 3.05) is 78.5 Å². The summed E-state index contributed by atoms with van der Waals surface area (Å²) in [7, 11) is 0. The van der Waals surface area contributed by atoms with Gasteiger partial charge in [-0.25, -0.2) is 43.2 Å². The van der Waals surface area contributed by atoms with Crippen molar-refractivity contribution in [1.29, 1.82) is 0 Å². The number of benzene rings is 4. The van der Waals surface area contributed by atoms with Crippen molar-refractivity contribution in [2.45, 2.75) is 102 Å². The van der Waals surface area contributed by atoms with Crippen LogP contribution >= 0.6 is 0 Å². The molecule has 0 aliphatic heterocycles. The van der Waals surface area contributed by atoms with E-state index in [-0.39, 0.29) is 95.2 Å². The Morgan fingerprint density at radius 3 is 1.08 bits per heavy atom. The molecule has 0 heterocycles. The van der Waals surface area contributed by atoms with Crippen molar-refractivity contribution in [1.82, 2.24) is 90.4 Å². The van der Waals surface area contributed by atoms with Crippen molar-refractivity contribution < 1.29 is 53.1 Å². The summed E-state index contributed by atoms with van der Waals surface area (Å²) in [5.41, 5.74) is 25.4. The number of aromatic hydroxyl groups is 1. The fraction of sp³-hybridized carbons (Fsp3) is 0.460. The van der Waals surface area contributed by atoms with Gasteiger partial charge in [-0.15, -0.1) is 0 Å². The molecule has 0 aliphatic rings. The Hall–Kier alpha value is -10.5. The number of phenolic OH excluding ortho intramolecular Hbond substituents is 1. The fourth-order valence-electron chi connectivity index (χ4n) is 9.01. The lowest BCUT2D eigenvalue weighted by atomic mass is 10.0. The summed E-state index contributed by atoms with van der Waals surface area (Å²) in [6, 6.07) is 27.5. The SMILES string of the molecule is CC(C)C[C@@H](CNC(=O)N[C@H](CNC(=O)NCCNC(=O)NCCNC(=O)N[C@@H](CN)Cc1ccc(O)cc1)Cc1ccccc1)NC(N)=O.C[C@@H](CNC(=O)N[C@H](CNC(=O)N[C@H](CNC(=O)NCCN)Cc1ccccc1)Cc1ccccc1)NC(=O)N[C@H](C)C(N)=O. The van der Waals surface area contributed by atoms with Crippen LogP contribution in [0, 0.1) is 5.92 Å². The highest BCUT2D eigenvalue weighted by molar-refractivity contribution is 5.85. The van der Waals surface area contributed by atoms with Gasteiger partial charge in [0.15, 0.2) is 0 Å². The van der Waals surface area contributed by atoms with Gasteiger partial charge in [0, 0.05) is 96.7 Å². The number of carbonyl (C=O) groups excluding carboxylic acids is 10. The molecule has 4 aromatic carbocycles. The lowest BCUT2D eigenvalue weighted by Gasteiger charge is -2.23. The molecule has 0 aromatic heterocycles. The van der Waals surface area contributed by atoms with Crippen molar-refractivity contribution in [3.05, 3.63) is 138 Å². The predicted octanol–water partition coefficient (Wildman–Crippen LogP) is -0.220. The van der Waals surface area contributed by atoms with Gasteiger partial charge in [0.05, 0.1) is 18.1 Å². The minimum Gasteiger partial charge on any atom is -0.508 e. The minimum atomic E-state index is -0.845. The number of amides is 19. The molecule has 0 bridgehead atoms. The highest BCUT2D eigenvalue weighted by Crippen LogP contribution is 2.12. The summed E-state index contributed by atoms with van der Waals surface area (Å²) in [5, 5.41) is 55.4. The second kappa shape index (κ2) is 45.7. The van der Waals surface area contributed by atoms with E-state index in [1.165, 1.54) is 6.92 Å². The van der Waals surface area contributed by atoms with Crippen molar-refractivity contribution >= 4 is 60.2 Å². The normalized spacial score (nSPS) is 12.7. The fourth-order valence-corrected chi connectivity index (χ4v) is 9.01. The smallest absolute Gasteiger partial charge is 0.315 e. The molecule has 0 fully saturated rings. The topological polar surface area (TPSA) is 500 Å². The molecule has 95 heavy (non-hydrogen) atoms. The van der Waals surface area contributed by atoms with Crippen LogP contribution in [0.4, 0.5) is 43.2 Å². The molecule has 32 heteroatoms. The maximum absolute atomic E-state index is 13.0. The number of nitrogens with one attached hydrogen (secondary N) is 17. The Morgan fingerprint density at radius 2 is 0.695 bits per heavy atom. The molecule has 19 amide bonds. The largest absolute Gasteiger partial charge is 0.508 e. The van der Waals surface area contributed by atoms with E-state index in [4.69, 9.17) is 22.9 Å². The third-order valence-corrected chi connectivity index (χ3v) is 13.7. The average molecular weight is 1330 g/mol. The van der Waals surface area contributed by atoms with Crippen LogP contribution in [-0.4, -0.2) is 186 Å². The standard InChI is InChI=1S/C33H53N11O6.C30H46N10O5/c1-22(2)16-26(42-29(35)46)20-41-33(50)44-27(18-23-6-4-3-5-7-23)21-40-31(48)38-13-12-36-30(47)37-14-15-39-32(49)43-25(19-34)17-24-8-10-28(45)11-9-24;1-20(37-30(45)38-21(2)26(32)41)17-34-28(43)39-25(16-23-11-7-4-8-12-23)19-36-29(44)40-24(15-22-9-5-3-6-10-22)18-35-27(42)33-14-13-31/h3-11,22,25-27,45H,12-21,34H2,1-2H3,(H3,35,42,46)(H2,36,37,47)(H2,38,40,48)(H2,39,43,49)(H2,41,44,50);3-12,20-21,24-25H,13-19,31H2,1-2H3,(H2,32,41)(H2,33,35,42)(H2,34,39,43)(H2,36,40,44)(H2,37,38,45)/t25-,26+,27+;20-,21+,24-,25-/m10/s1. The molecule has 0 saturated heterocycles. The van der Waals surface area contributed by atoms with Crippen LogP contribution < -0.4 is 113 Å². The van der Waals surface area contributed by atoms with E-state index >= 15 is 0 Å². The van der Waals surface area contributed by atoms with Crippen molar-refractivity contribution in [3.8, 4) is 5.75 Å². The van der Waals surface area contributed by atoms with Gasteiger partial charge in [0.25, 0.3) is 0 Å². The lowest BCUT2D eigenvalue weighted by molar-refractivity contribution is -0.119. The number of nitrogens with two attached hydrogens (primary N) is 4. The molecule has 0 saturated carbocycles. The molecule has 522 valence electrons. The van der Waals surface area contributed by atoms with E-state index in [9.17, 15) is 53.1 Å². The van der Waals surface area contributed by atoms with Crippen LogP contribution in [0.3, 0.4) is 0 Å². The summed E-state index contributed by atoms with van der Waals surface area (Å²) < 4.78 is 0. The quantitative estimate of drug-likeness (QED) is 0.0260. The molecule has 0 unspecified atom stereocenters. The van der Waals surface area contributed by atoms with Crippen molar-refractivity contribution in [2.24, 2.45) is 28.9 Å². The summed E-state index contributed by atoms with van der Waals surface area (Å²) in [6.07, 6.45) is 2.50. The first-order valence-corrected chi connectivity index (χ1v) is 31.4. The third-order valence-electron chi connectivity index (χ3n) is 13.7. The van der Waals surface area contributed by atoms with Crippen LogP contribution in [-0.2, 0) is 30.5 Å². The zero-order chi connectivity index (χ0) is 69.8. The van der Waals surface area contributed by atoms with Crippen LogP contribution in [0.5, 0.6) is 5.75 Å². The first kappa shape index (κ1) is 78.7. The van der Waals surface area contributed by atoms with E-state index in [1.54, 1.807) is 31.2 Å². The average Bonchev–Trinajstić information content (AvgIpc) is 2.03. The molecule has 4 rings (SSSR count). The molecule has 7 atom stereocenters. The highest BCUT2D eigenvalue weighted by Gasteiger charge is 2.22. The summed E-state index contributed by atoms with van der Waals surface area (Å²) >= 11 is 0. The Bertz CT molecular complexity index is 2940. The molecule has 32 nitrogen and oxygen atoms in total. The monoisotopic (exact) mass is 1330 g/mol. The second-order valence-corrected chi connectivity index (χ2v) is 22.6. The molecule has 0 aliphatic carbocycles. The van der Waals surface area contributed by atoms with E-state index in [0.29, 0.717) is 45.2 Å². The van der Waals surface area contributed by atoms with Gasteiger partial charge >= 0.3 is 54.3 Å². The molecule has 26 N–H and O–H groups in total. The Balaban J connectivity index is 0.000000498. The van der Waals surface area contributed by atoms with Crippen LogP contribution in [0.1, 0.15) is 56.4 Å². The van der Waals surface area contributed by atoms with E-state index in [1.807, 2.05) is 105 Å². The van der Waals surface area contributed by atoms with Crippen LogP contribution in [0.15, 0.2) is 115 Å². The van der Waals surface area contributed by atoms with Gasteiger partial charge in [0.1, 0.15) is 11.8 Å². The number of primary amides is 2. The van der Waals surface area contributed by atoms with E-state index in [0.717, 1.165) is 22.3 Å². The number of carbonyl (C=O) groups is 10. The first-order valence-electron chi connectivity index (χ1n) is 31.4. The second-order valence-electron chi connectivity index (χ2n) is 22.6. The number of hydrogen-bond acceptors (Lipinski definition) is 13. The van der Waals surface area contributed by atoms with Gasteiger partial charge in [0.2, 0.25) is 5.91 Å². The Morgan fingerprint density at radius 1 is 0.358 bits per heavy atom. The number of hydrogen-bond donors (Lipinski definition) is 22. The van der Waals surface area contributed by atoms with E-state index < -0.39 is 84.4 Å². The number of phenols is 1. The molecule has 4 aromatic rings. The summed E-state index contributed by atoms with van der Waals surface area (Å²) in [4.78, 5) is 122. The number of urea groups is 9. The lowest BCUT2D eigenvalue weighted by Crippen LogP contribution is -2.55. The molecule has 0 spiro atoms. The third kappa shape index (κ3) is 38.2.